The summed E-state index contributed by atoms with van der Waals surface area (Å²) in [5, 5.41) is 5.09. The third-order valence-electron chi connectivity index (χ3n) is 7.83. The topological polar surface area (TPSA) is 50.3 Å². The molecule has 1 N–H and O–H groups in total. The van der Waals surface area contributed by atoms with E-state index in [1.807, 2.05) is 50.4 Å². The van der Waals surface area contributed by atoms with Gasteiger partial charge in [-0.05, 0) is 107 Å². The van der Waals surface area contributed by atoms with Crippen molar-refractivity contribution in [2.45, 2.75) is 64.5 Å². The minimum absolute atomic E-state index is 0.0929. The first-order chi connectivity index (χ1) is 18.5. The van der Waals surface area contributed by atoms with E-state index in [4.69, 9.17) is 21.3 Å². The molecule has 5 nitrogen and oxygen atoms in total. The van der Waals surface area contributed by atoms with Crippen molar-refractivity contribution >= 4 is 34.1 Å². The van der Waals surface area contributed by atoms with E-state index < -0.39 is 0 Å². The zero-order valence-corrected chi connectivity index (χ0v) is 23.0. The Morgan fingerprint density at radius 1 is 0.947 bits per heavy atom. The largest absolute Gasteiger partial charge is 0.491 e. The second-order valence-electron chi connectivity index (χ2n) is 10.8. The molecule has 2 heterocycles. The Hall–Kier alpha value is -3.15. The molecule has 1 aliphatic heterocycles. The van der Waals surface area contributed by atoms with Crippen LogP contribution in [0.3, 0.4) is 0 Å². The minimum atomic E-state index is 0.0929. The molecule has 0 unspecified atom stereocenters. The van der Waals surface area contributed by atoms with E-state index in [2.05, 4.69) is 39.5 Å². The monoisotopic (exact) mass is 526 g/mol. The molecule has 0 spiro atoms. The number of fused-ring (bicyclic) bond motifs is 2. The molecule has 1 aliphatic carbocycles. The van der Waals surface area contributed by atoms with Crippen molar-refractivity contribution in [3.63, 3.8) is 0 Å². The average Bonchev–Trinajstić information content (AvgIpc) is 3.36. The van der Waals surface area contributed by atoms with Crippen LogP contribution in [0.25, 0.3) is 22.0 Å². The zero-order chi connectivity index (χ0) is 26.1. The van der Waals surface area contributed by atoms with Crippen LogP contribution in [0.1, 0.15) is 50.7 Å². The fourth-order valence-corrected chi connectivity index (χ4v) is 6.24. The van der Waals surface area contributed by atoms with Gasteiger partial charge in [-0.25, -0.2) is 9.97 Å². The van der Waals surface area contributed by atoms with Crippen molar-refractivity contribution in [1.29, 1.82) is 0 Å². The highest BCUT2D eigenvalue weighted by molar-refractivity contribution is 6.33. The van der Waals surface area contributed by atoms with Gasteiger partial charge in [-0.2, -0.15) is 0 Å². The van der Waals surface area contributed by atoms with Crippen molar-refractivity contribution in [2.75, 3.05) is 18.4 Å². The van der Waals surface area contributed by atoms with Gasteiger partial charge < -0.3 is 15.0 Å². The number of nitrogens with one attached hydrogen (secondary N) is 1. The fourth-order valence-electron chi connectivity index (χ4n) is 5.96. The molecule has 6 heteroatoms. The van der Waals surface area contributed by atoms with Gasteiger partial charge in [0.05, 0.1) is 16.6 Å². The number of halogens is 1. The quantitative estimate of drug-likeness (QED) is 0.259. The number of nitrogens with zero attached hydrogens (tertiary/aromatic N) is 3. The van der Waals surface area contributed by atoms with Crippen LogP contribution in [-0.2, 0) is 12.8 Å². The van der Waals surface area contributed by atoms with Crippen LogP contribution >= 0.6 is 11.6 Å². The summed E-state index contributed by atoms with van der Waals surface area (Å²) in [5.41, 5.74) is 6.74. The Balaban J connectivity index is 1.25. The van der Waals surface area contributed by atoms with E-state index in [-0.39, 0.29) is 6.10 Å². The van der Waals surface area contributed by atoms with Crippen LogP contribution < -0.4 is 10.1 Å². The van der Waals surface area contributed by atoms with Gasteiger partial charge in [0.25, 0.3) is 0 Å². The third kappa shape index (κ3) is 5.36. The predicted octanol–water partition coefficient (Wildman–Crippen LogP) is 7.82. The van der Waals surface area contributed by atoms with E-state index in [0.717, 1.165) is 52.4 Å². The number of hydrogen-bond acceptors (Lipinski definition) is 5. The van der Waals surface area contributed by atoms with Gasteiger partial charge in [-0.3, -0.25) is 0 Å². The van der Waals surface area contributed by atoms with Crippen LogP contribution in [0.4, 0.5) is 11.6 Å². The van der Waals surface area contributed by atoms with Gasteiger partial charge >= 0.3 is 0 Å². The third-order valence-corrected chi connectivity index (χ3v) is 8.14. The number of para-hydroxylation sites is 1. The summed E-state index contributed by atoms with van der Waals surface area (Å²) in [4.78, 5) is 12.3. The molecule has 1 aromatic heterocycles. The van der Waals surface area contributed by atoms with E-state index in [1.165, 1.54) is 49.9 Å². The number of benzene rings is 3. The molecule has 0 bridgehead atoms. The van der Waals surface area contributed by atoms with E-state index in [0.29, 0.717) is 11.0 Å². The number of aromatic nitrogens is 2. The Morgan fingerprint density at radius 2 is 1.76 bits per heavy atom. The summed E-state index contributed by atoms with van der Waals surface area (Å²) >= 11 is 6.71. The first-order valence-corrected chi connectivity index (χ1v) is 14.3. The molecule has 0 radical (unpaired) electrons. The molecule has 4 aromatic rings. The predicted molar refractivity (Wildman–Crippen MR) is 157 cm³/mol. The highest BCUT2D eigenvalue weighted by atomic mass is 35.5. The molecule has 38 heavy (non-hydrogen) atoms. The molecular formula is C32H35ClN4O. The zero-order valence-electron chi connectivity index (χ0n) is 22.2. The minimum Gasteiger partial charge on any atom is -0.491 e. The van der Waals surface area contributed by atoms with Crippen molar-refractivity contribution in [3.05, 3.63) is 76.9 Å². The summed E-state index contributed by atoms with van der Waals surface area (Å²) in [7, 11) is 0. The summed E-state index contributed by atoms with van der Waals surface area (Å²) in [5.74, 6) is 1.35. The van der Waals surface area contributed by atoms with Gasteiger partial charge in [0.2, 0.25) is 5.95 Å². The normalized spacial score (nSPS) is 17.9. The fraction of sp³-hybridized carbons (Fsp3) is 0.375. The Morgan fingerprint density at radius 3 is 2.55 bits per heavy atom. The molecular weight excluding hydrogens is 492 g/mol. The molecule has 1 saturated heterocycles. The summed E-state index contributed by atoms with van der Waals surface area (Å²) < 4.78 is 5.82. The summed E-state index contributed by atoms with van der Waals surface area (Å²) in [6.45, 7) is 6.56. The maximum absolute atomic E-state index is 6.71. The lowest BCUT2D eigenvalue weighted by molar-refractivity contribution is 0.222. The van der Waals surface area contributed by atoms with Crippen LogP contribution in [-0.4, -0.2) is 40.1 Å². The number of anilines is 2. The summed E-state index contributed by atoms with van der Waals surface area (Å²) in [6, 6.07) is 19.4. The highest BCUT2D eigenvalue weighted by Gasteiger charge is 2.24. The number of aryl methyl sites for hydroxylation is 2. The van der Waals surface area contributed by atoms with Crippen molar-refractivity contribution < 1.29 is 4.74 Å². The molecule has 3 aromatic carbocycles. The Kier molecular flexibility index (Phi) is 7.22. The van der Waals surface area contributed by atoms with Crippen molar-refractivity contribution in [2.24, 2.45) is 0 Å². The van der Waals surface area contributed by atoms with Crippen LogP contribution in [0.2, 0.25) is 5.02 Å². The molecule has 2 aliphatic rings. The van der Waals surface area contributed by atoms with Gasteiger partial charge in [-0.15, -0.1) is 0 Å². The van der Waals surface area contributed by atoms with E-state index in [9.17, 15) is 0 Å². The SMILES string of the molecule is CC(C)Oc1ccc(-c2cccc3cnc(Nc4ccc5c(c4)CC[C@@H](N4CCCC4)CC5)nc23)c(Cl)c1. The number of hydrogen-bond donors (Lipinski definition) is 1. The lowest BCUT2D eigenvalue weighted by Crippen LogP contribution is -2.32. The molecule has 6 rings (SSSR count). The van der Waals surface area contributed by atoms with E-state index >= 15 is 0 Å². The van der Waals surface area contributed by atoms with Crippen LogP contribution in [0, 0.1) is 0 Å². The first-order valence-electron chi connectivity index (χ1n) is 13.9. The standard InChI is InChI=1S/C32H35ClN4O/c1-21(2)38-27-14-15-28(30(33)19-27)29-7-5-6-24-20-34-32(36-31(24)29)35-25-11-8-22-9-12-26(13-10-23(22)18-25)37-16-3-4-17-37/h5-8,11,14-15,18-21,26H,3-4,9-10,12-13,16-17H2,1-2H3,(H,34,35,36)/t26-/m0/s1. The van der Waals surface area contributed by atoms with Crippen LogP contribution in [0.5, 0.6) is 5.75 Å². The van der Waals surface area contributed by atoms with Gasteiger partial charge in [0, 0.05) is 34.4 Å². The second kappa shape index (κ2) is 10.9. The Labute approximate surface area is 230 Å². The number of likely N-dealkylation sites (tertiary alicyclic amines) is 1. The lowest BCUT2D eigenvalue weighted by Gasteiger charge is -2.25. The number of ether oxygens (including phenoxy) is 1. The Bertz CT molecular complexity index is 1450. The van der Waals surface area contributed by atoms with Crippen molar-refractivity contribution in [3.8, 4) is 16.9 Å². The average molecular weight is 527 g/mol. The highest BCUT2D eigenvalue weighted by Crippen LogP contribution is 2.36. The molecule has 1 atom stereocenters. The lowest BCUT2D eigenvalue weighted by atomic mass is 10.0. The molecule has 196 valence electrons. The molecule has 1 fully saturated rings. The van der Waals surface area contributed by atoms with Gasteiger partial charge in [0.15, 0.2) is 0 Å². The van der Waals surface area contributed by atoms with Gasteiger partial charge in [0.1, 0.15) is 5.75 Å². The van der Waals surface area contributed by atoms with Crippen LogP contribution in [0.15, 0.2) is 60.8 Å². The number of rotatable bonds is 6. The maximum Gasteiger partial charge on any atom is 0.227 e. The smallest absolute Gasteiger partial charge is 0.227 e. The molecule has 0 saturated carbocycles. The second-order valence-corrected chi connectivity index (χ2v) is 11.2. The first kappa shape index (κ1) is 25.1. The maximum atomic E-state index is 6.71. The van der Waals surface area contributed by atoms with Gasteiger partial charge in [-0.1, -0.05) is 35.9 Å². The molecule has 0 amide bonds. The summed E-state index contributed by atoms with van der Waals surface area (Å²) in [6.07, 6.45) is 9.48. The van der Waals surface area contributed by atoms with E-state index in [1.54, 1.807) is 0 Å². The van der Waals surface area contributed by atoms with Crippen molar-refractivity contribution in [1.82, 2.24) is 14.9 Å².